The van der Waals surface area contributed by atoms with E-state index in [1.54, 1.807) is 197 Å². The van der Waals surface area contributed by atoms with Gasteiger partial charge in [-0.2, -0.15) is 0 Å². The van der Waals surface area contributed by atoms with E-state index in [1.165, 1.54) is 17.7 Å². The number of aliphatic hydroxyl groups excluding tert-OH is 4. The molecule has 0 bridgehead atoms. The van der Waals surface area contributed by atoms with Gasteiger partial charge in [-0.15, -0.1) is 0 Å². The molecule has 4 atom stereocenters. The summed E-state index contributed by atoms with van der Waals surface area (Å²) < 4.78 is 66.3. The number of aromatic nitrogens is 4. The molecular weight excluding hydrogens is 1850 g/mol. The maximum absolute atomic E-state index is 14.1. The Morgan fingerprint density at radius 1 is 0.322 bits per heavy atom. The van der Waals surface area contributed by atoms with E-state index in [9.17, 15) is 69.5 Å². The first-order valence-corrected chi connectivity index (χ1v) is 49.4. The summed E-state index contributed by atoms with van der Waals surface area (Å²) in [7, 11) is 6.73. The van der Waals surface area contributed by atoms with E-state index in [2.05, 4.69) is 93.3 Å². The van der Waals surface area contributed by atoms with E-state index in [0.717, 1.165) is 152 Å². The highest BCUT2D eigenvalue weighted by molar-refractivity contribution is 5.92. The molecule has 12 aromatic carbocycles. The van der Waals surface area contributed by atoms with Crippen molar-refractivity contribution < 1.29 is 107 Å². The first-order chi connectivity index (χ1) is 70.5. The molecule has 0 aliphatic heterocycles. The number of hydrogen-bond donors (Lipinski definition) is 9. The molecule has 0 amide bonds. The molecule has 764 valence electrons. The lowest BCUT2D eigenvalue weighted by Gasteiger charge is -2.18. The molecule has 16 aromatic rings. The van der Waals surface area contributed by atoms with Gasteiger partial charge in [0.2, 0.25) is 0 Å². The van der Waals surface area contributed by atoms with Gasteiger partial charge in [0.25, 0.3) is 0 Å². The second kappa shape index (κ2) is 52.3. The number of aromatic hydroxyl groups is 5. The van der Waals surface area contributed by atoms with Crippen LogP contribution in [0.5, 0.6) is 51.7 Å². The molecule has 0 saturated heterocycles. The summed E-state index contributed by atoms with van der Waals surface area (Å²) in [5, 5.41) is 98.4. The minimum Gasteiger partial charge on any atom is -0.508 e. The Morgan fingerprint density at radius 3 is 0.932 bits per heavy atom. The summed E-state index contributed by atoms with van der Waals surface area (Å²) in [5.41, 5.74) is 15.4. The summed E-state index contributed by atoms with van der Waals surface area (Å²) in [4.78, 5) is 48.9. The predicted octanol–water partition coefficient (Wildman–Crippen LogP) is 21.9. The quantitative estimate of drug-likeness (QED) is 0.0127. The lowest BCUT2D eigenvalue weighted by atomic mass is 9.99. The lowest BCUT2D eigenvalue weighted by molar-refractivity contribution is 0.0256. The van der Waals surface area contributed by atoms with Crippen LogP contribution in [0, 0.1) is 11.7 Å². The van der Waals surface area contributed by atoms with E-state index in [4.69, 9.17) is 37.9 Å². The van der Waals surface area contributed by atoms with Crippen molar-refractivity contribution in [3.63, 3.8) is 0 Å². The smallest absolute Gasteiger partial charge is 0.338 e. The fraction of sp³-hybridized carbons (Fsp3) is 0.300. The van der Waals surface area contributed by atoms with Crippen molar-refractivity contribution in [3.8, 4) is 51.7 Å². The van der Waals surface area contributed by atoms with Crippen LogP contribution in [0.15, 0.2) is 280 Å². The Balaban J connectivity index is 0.000000163. The highest BCUT2D eigenvalue weighted by atomic mass is 19.1. The van der Waals surface area contributed by atoms with E-state index in [-0.39, 0.29) is 81.1 Å². The number of phenolic OH excluding ortho intramolecular Hbond substituents is 5. The molecular formula is C120H131FN4O21. The number of methoxy groups -OCH3 is 4. The van der Waals surface area contributed by atoms with Gasteiger partial charge in [-0.1, -0.05) is 164 Å². The normalized spacial score (nSPS) is 12.1. The molecule has 0 aliphatic rings. The van der Waals surface area contributed by atoms with Crippen LogP contribution in [0.4, 0.5) is 4.39 Å². The fourth-order valence-electron chi connectivity index (χ4n) is 17.8. The summed E-state index contributed by atoms with van der Waals surface area (Å²) in [5.74, 6) is 1.91. The minimum absolute atomic E-state index is 0.000487. The molecule has 26 heteroatoms. The number of aryl methyl sites for hydroxylation is 3. The van der Waals surface area contributed by atoms with E-state index < -0.39 is 54.1 Å². The molecule has 0 radical (unpaired) electrons. The number of hydrogen-bond acceptors (Lipinski definition) is 21. The van der Waals surface area contributed by atoms with Crippen molar-refractivity contribution in [1.82, 2.24) is 18.3 Å². The third-order valence-corrected chi connectivity index (χ3v) is 25.6. The number of para-hydroxylation sites is 2. The topological polar surface area (TPSA) is 344 Å². The maximum Gasteiger partial charge on any atom is 0.338 e. The molecule has 16 rings (SSSR count). The van der Waals surface area contributed by atoms with E-state index in [1.807, 2.05) is 65.5 Å². The number of unbranched alkanes of at least 4 members (excludes halogenated alkanes) is 2. The highest BCUT2D eigenvalue weighted by Gasteiger charge is 2.27. The van der Waals surface area contributed by atoms with Crippen molar-refractivity contribution in [3.05, 3.63) is 374 Å². The molecule has 4 heterocycles. The largest absolute Gasteiger partial charge is 0.508 e. The number of rotatable bonds is 42. The SMILES string of the molecule is CCCCc1cc(O)c(Cn2cc(C[C@H](O)COC(=O)c3ccccc3)c3cc(F)ccc32)c(O)c1.CCCCc1cc(O)c(Cn2cc(C[C@H](O)COC(=O)c3ccccc3)c3cc(O)ccc32)c(O)c1.COc1cc(C(C)C)cc(OC)c1Cn1cc(C[C@H](O)COC(=O)c2ccccc2)c2ccccc21.COc1cc(CCC(C)C)cc(OC)c1Cn1cc(C[C@H](O)COC(=O)c2ccccc2)c2ccccc21. The van der Waals surface area contributed by atoms with Gasteiger partial charge in [0.1, 0.15) is 84.0 Å². The van der Waals surface area contributed by atoms with Crippen LogP contribution in [-0.4, -0.2) is 167 Å². The number of ether oxygens (including phenoxy) is 8. The number of carbonyl (C=O) groups excluding carboxylic acids is 4. The third-order valence-electron chi connectivity index (χ3n) is 25.6. The van der Waals surface area contributed by atoms with Gasteiger partial charge in [-0.05, 0) is 240 Å². The van der Waals surface area contributed by atoms with Crippen molar-refractivity contribution in [2.75, 3.05) is 54.9 Å². The van der Waals surface area contributed by atoms with Gasteiger partial charge in [0, 0.05) is 94.1 Å². The Kier molecular flexibility index (Phi) is 38.6. The number of aliphatic hydroxyl groups is 4. The molecule has 0 saturated carbocycles. The zero-order chi connectivity index (χ0) is 104. The van der Waals surface area contributed by atoms with Crippen LogP contribution in [0.25, 0.3) is 43.6 Å². The Labute approximate surface area is 850 Å². The number of benzene rings is 12. The van der Waals surface area contributed by atoms with Crippen LogP contribution in [0.1, 0.15) is 188 Å². The summed E-state index contributed by atoms with van der Waals surface area (Å²) >= 11 is 0. The second-order valence-electron chi connectivity index (χ2n) is 37.2. The van der Waals surface area contributed by atoms with Gasteiger partial charge in [0.05, 0.1) is 124 Å². The van der Waals surface area contributed by atoms with Gasteiger partial charge >= 0.3 is 23.9 Å². The van der Waals surface area contributed by atoms with Crippen LogP contribution in [0.3, 0.4) is 0 Å². The Morgan fingerprint density at radius 2 is 0.610 bits per heavy atom. The average Bonchev–Trinajstić information content (AvgIpc) is 1.63. The van der Waals surface area contributed by atoms with Gasteiger partial charge in [-0.25, -0.2) is 23.6 Å². The zero-order valence-electron chi connectivity index (χ0n) is 84.3. The minimum atomic E-state index is -1.00. The third kappa shape index (κ3) is 28.8. The number of phenols is 5. The number of nitrogens with zero attached hydrogens (tertiary/aromatic N) is 4. The monoisotopic (exact) mass is 1980 g/mol. The Bertz CT molecular complexity index is 6750. The fourth-order valence-corrected chi connectivity index (χ4v) is 17.8. The van der Waals surface area contributed by atoms with Gasteiger partial charge in [-0.3, -0.25) is 0 Å². The van der Waals surface area contributed by atoms with Gasteiger partial charge < -0.3 is 102 Å². The molecule has 4 aromatic heterocycles. The lowest BCUT2D eigenvalue weighted by Crippen LogP contribution is -2.21. The molecule has 0 aliphatic carbocycles. The molecule has 0 spiro atoms. The molecule has 0 fully saturated rings. The van der Waals surface area contributed by atoms with E-state index >= 15 is 0 Å². The zero-order valence-corrected chi connectivity index (χ0v) is 84.3. The number of halogens is 1. The van der Waals surface area contributed by atoms with Gasteiger partial charge in [0.15, 0.2) is 0 Å². The molecule has 146 heavy (non-hydrogen) atoms. The second-order valence-corrected chi connectivity index (χ2v) is 37.2. The summed E-state index contributed by atoms with van der Waals surface area (Å²) in [6.45, 7) is 13.8. The first kappa shape index (κ1) is 108. The standard InChI is InChI=1S/C32H37NO5.C30H33NO5.C29H30FNO5.C29H31NO6/c1-22(2)14-15-23-16-30(36-3)28(31(17-23)37-4)20-33-19-25(27-12-8-9-13-29(27)33)18-26(34)21-38-32(35)24-10-6-5-7-11-24;1-20(2)22-15-28(34-3)26(29(16-22)35-4)18-31-17-23(25-12-8-9-13-27(25)31)14-24(32)19-36-30(33)21-10-6-5-7-11-21;1-2-3-7-19-12-27(33)25(28(34)13-19)17-31-16-21(24-15-22(30)10-11-26(24)31)14-23(32)18-36-29(35)20-8-5-4-6-9-20;1-2-3-7-19-12-27(33)25(28(34)13-19)17-30-16-21(24-15-22(31)10-11-26(24)30)14-23(32)18-36-29(35)20-8-5-4-6-9-20/h5-13,16-17,19,22,26,34H,14-15,18,20-21H2,1-4H3;5-13,15-17,20,24,32H,14,18-19H2,1-4H3;4-6,8-13,15-16,23,32-34H,2-3,7,14,17-18H2,1H3;4-6,8-13,15-16,23,31-34H,2-3,7,14,17-18H2,1H3/t26-;24-;2*23-/m0000/s1. The highest BCUT2D eigenvalue weighted by Crippen LogP contribution is 2.41. The van der Waals surface area contributed by atoms with Crippen LogP contribution in [0.2, 0.25) is 0 Å². The maximum atomic E-state index is 14.1. The van der Waals surface area contributed by atoms with Crippen LogP contribution in [-0.2, 0) is 90.1 Å². The van der Waals surface area contributed by atoms with Crippen molar-refractivity contribution in [2.45, 2.75) is 175 Å². The number of carbonyl (C=O) groups is 4. The number of fused-ring (bicyclic) bond motifs is 4. The molecule has 25 nitrogen and oxygen atoms in total. The summed E-state index contributed by atoms with van der Waals surface area (Å²) in [6, 6.07) is 75.2. The van der Waals surface area contributed by atoms with E-state index in [0.29, 0.717) is 87.6 Å². The van der Waals surface area contributed by atoms with Crippen molar-refractivity contribution >= 4 is 67.5 Å². The number of esters is 4. The predicted molar refractivity (Wildman–Crippen MR) is 565 cm³/mol. The summed E-state index contributed by atoms with van der Waals surface area (Å²) in [6.07, 6.45) is 12.6. The average molecular weight is 1980 g/mol. The van der Waals surface area contributed by atoms with Crippen molar-refractivity contribution in [1.29, 1.82) is 0 Å². The van der Waals surface area contributed by atoms with Crippen LogP contribution >= 0.6 is 0 Å². The first-order valence-electron chi connectivity index (χ1n) is 49.4. The van der Waals surface area contributed by atoms with Crippen LogP contribution < -0.4 is 18.9 Å². The molecule has 9 N–H and O–H groups in total. The molecule has 0 unspecified atom stereocenters. The Hall–Kier alpha value is -15.4. The van der Waals surface area contributed by atoms with Crippen molar-refractivity contribution in [2.24, 2.45) is 5.92 Å².